The maximum absolute atomic E-state index is 12.9. The van der Waals surface area contributed by atoms with Crippen molar-refractivity contribution in [2.75, 3.05) is 0 Å². The molecule has 0 aliphatic carbocycles. The summed E-state index contributed by atoms with van der Waals surface area (Å²) < 4.78 is 5.08. The van der Waals surface area contributed by atoms with E-state index in [9.17, 15) is 9.59 Å². The number of hydrogen-bond acceptors (Lipinski definition) is 7. The molecule has 11 heteroatoms. The molecular weight excluding hydrogens is 488 g/mol. The van der Waals surface area contributed by atoms with Crippen LogP contribution < -0.4 is 11.2 Å². The summed E-state index contributed by atoms with van der Waals surface area (Å²) in [5.41, 5.74) is 5.02. The Morgan fingerprint density at radius 1 is 0.973 bits per heavy atom. The first kappa shape index (κ1) is 24.9. The number of benzene rings is 1. The molecule has 5 rings (SSSR count). The normalized spacial score (nSPS) is 11.7. The molecule has 0 fully saturated rings. The van der Waals surface area contributed by atoms with Gasteiger partial charge in [-0.1, -0.05) is 43.2 Å². The van der Waals surface area contributed by atoms with E-state index in [0.29, 0.717) is 40.3 Å². The Bertz CT molecular complexity index is 1730. The fourth-order valence-electron chi connectivity index (χ4n) is 4.58. The molecule has 1 N–H and O–H groups in total. The maximum atomic E-state index is 12.9. The van der Waals surface area contributed by atoms with E-state index < -0.39 is 11.2 Å². The summed E-state index contributed by atoms with van der Waals surface area (Å²) in [6, 6.07) is 7.93. The van der Waals surface area contributed by atoms with Crippen LogP contribution in [0.3, 0.4) is 0 Å². The van der Waals surface area contributed by atoms with Crippen LogP contribution in [0.25, 0.3) is 16.9 Å². The van der Waals surface area contributed by atoms with Crippen molar-refractivity contribution >= 4 is 28.7 Å². The molecule has 0 aliphatic rings. The van der Waals surface area contributed by atoms with Gasteiger partial charge in [-0.15, -0.1) is 5.10 Å². The van der Waals surface area contributed by atoms with Crippen LogP contribution in [-0.2, 0) is 19.5 Å². The highest BCUT2D eigenvalue weighted by Crippen LogP contribution is 2.28. The van der Waals surface area contributed by atoms with Crippen LogP contribution in [0.5, 0.6) is 0 Å². The second-order valence-electron chi connectivity index (χ2n) is 9.21. The molecule has 0 aliphatic heterocycles. The highest BCUT2D eigenvalue weighted by atomic mass is 32.2. The Morgan fingerprint density at radius 3 is 2.43 bits per heavy atom. The highest BCUT2D eigenvalue weighted by Gasteiger charge is 2.21. The van der Waals surface area contributed by atoms with E-state index in [-0.39, 0.29) is 0 Å². The lowest BCUT2D eigenvalue weighted by Crippen LogP contribution is -2.31. The lowest BCUT2D eigenvalue weighted by Gasteiger charge is -2.09. The Balaban J connectivity index is 1.59. The fraction of sp³-hybridized carbons (Fsp3) is 0.385. The summed E-state index contributed by atoms with van der Waals surface area (Å²) >= 11 is 1.26. The van der Waals surface area contributed by atoms with Gasteiger partial charge in [0, 0.05) is 17.9 Å². The van der Waals surface area contributed by atoms with Gasteiger partial charge in [0.25, 0.3) is 11.3 Å². The number of unbranched alkanes of at least 4 members (excludes halogenated alkanes) is 1. The van der Waals surface area contributed by atoms with E-state index in [2.05, 4.69) is 21.9 Å². The second-order valence-corrected chi connectivity index (χ2v) is 10.1. The smallest absolute Gasteiger partial charge is 0.313 e. The molecule has 4 aromatic heterocycles. The van der Waals surface area contributed by atoms with Gasteiger partial charge in [0.05, 0.1) is 6.54 Å². The van der Waals surface area contributed by atoms with Crippen molar-refractivity contribution in [3.63, 3.8) is 0 Å². The molecule has 5 aromatic rings. The Kier molecular flexibility index (Phi) is 6.72. The number of nitrogens with zero attached hydrogens (tertiary/aromatic N) is 7. The van der Waals surface area contributed by atoms with E-state index in [0.717, 1.165) is 41.8 Å². The van der Waals surface area contributed by atoms with E-state index >= 15 is 0 Å². The average Bonchev–Trinajstić information content (AvgIpc) is 3.44. The number of fused-ring (bicyclic) bond motifs is 2. The summed E-state index contributed by atoms with van der Waals surface area (Å²) in [6.07, 6.45) is 3.15. The minimum atomic E-state index is -0.490. The van der Waals surface area contributed by atoms with Gasteiger partial charge in [0.15, 0.2) is 16.3 Å². The second kappa shape index (κ2) is 9.97. The van der Waals surface area contributed by atoms with Crippen LogP contribution in [0.4, 0.5) is 0 Å². The lowest BCUT2D eigenvalue weighted by molar-refractivity contribution is 0.697. The van der Waals surface area contributed by atoms with Crippen LogP contribution in [0.2, 0.25) is 0 Å². The van der Waals surface area contributed by atoms with Crippen molar-refractivity contribution in [3.8, 4) is 0 Å². The largest absolute Gasteiger partial charge is 0.330 e. The molecule has 0 amide bonds. The molecule has 192 valence electrons. The van der Waals surface area contributed by atoms with E-state index in [1.165, 1.54) is 21.9 Å². The standard InChI is InChI=1S/C26H30N8O2S/c1-6-8-9-19-16(4)27-23-30-24(31-34(23)17(19)5)37-26-28-21-20(32(26)7-2)22(35)29-25(36)33(21)14-18-12-10-15(3)11-13-18/h10-13H,6-9,14H2,1-5H3,(H,29,35,36). The van der Waals surface area contributed by atoms with Gasteiger partial charge < -0.3 is 4.57 Å². The molecule has 0 unspecified atom stereocenters. The van der Waals surface area contributed by atoms with Crippen LogP contribution in [0.1, 0.15) is 54.8 Å². The molecule has 0 saturated heterocycles. The highest BCUT2D eigenvalue weighted by molar-refractivity contribution is 7.99. The topological polar surface area (TPSA) is 116 Å². The van der Waals surface area contributed by atoms with Crippen molar-refractivity contribution in [3.05, 3.63) is 73.2 Å². The van der Waals surface area contributed by atoms with E-state index in [1.807, 2.05) is 52.0 Å². The monoisotopic (exact) mass is 518 g/mol. The zero-order valence-corrected chi connectivity index (χ0v) is 22.5. The predicted octanol–water partition coefficient (Wildman–Crippen LogP) is 3.81. The molecule has 37 heavy (non-hydrogen) atoms. The third-order valence-corrected chi connectivity index (χ3v) is 7.47. The van der Waals surface area contributed by atoms with E-state index in [4.69, 9.17) is 10.1 Å². The zero-order chi connectivity index (χ0) is 26.3. The minimum absolute atomic E-state index is 0.298. The number of rotatable bonds is 8. The molecule has 1 aromatic carbocycles. The van der Waals surface area contributed by atoms with Gasteiger partial charge in [0.1, 0.15) is 0 Å². The predicted molar refractivity (Wildman–Crippen MR) is 144 cm³/mol. The van der Waals surface area contributed by atoms with Crippen LogP contribution in [0, 0.1) is 20.8 Å². The van der Waals surface area contributed by atoms with Crippen molar-refractivity contribution in [2.24, 2.45) is 0 Å². The molecular formula is C26H30N8O2S. The number of imidazole rings is 1. The molecule has 0 atom stereocenters. The van der Waals surface area contributed by atoms with Gasteiger partial charge >= 0.3 is 5.69 Å². The summed E-state index contributed by atoms with van der Waals surface area (Å²) in [5.74, 6) is 0.533. The number of hydrogen-bond donors (Lipinski definition) is 1. The number of H-pyrrole nitrogens is 1. The van der Waals surface area contributed by atoms with Crippen molar-refractivity contribution < 1.29 is 0 Å². The lowest BCUT2D eigenvalue weighted by atomic mass is 10.1. The summed E-state index contributed by atoms with van der Waals surface area (Å²) in [4.78, 5) is 42.2. The number of aromatic amines is 1. The SMILES string of the molecule is CCCCc1c(C)nc2nc(Sc3nc4c(c(=O)[nH]c(=O)n4Cc4ccc(C)cc4)n3CC)nn2c1C. The van der Waals surface area contributed by atoms with Crippen molar-refractivity contribution in [2.45, 2.75) is 77.3 Å². The van der Waals surface area contributed by atoms with Crippen molar-refractivity contribution in [1.82, 2.24) is 38.7 Å². The minimum Gasteiger partial charge on any atom is -0.313 e. The summed E-state index contributed by atoms with van der Waals surface area (Å²) in [7, 11) is 0. The molecule has 10 nitrogen and oxygen atoms in total. The quantitative estimate of drug-likeness (QED) is 0.332. The zero-order valence-electron chi connectivity index (χ0n) is 21.7. The Labute approximate surface area is 217 Å². The summed E-state index contributed by atoms with van der Waals surface area (Å²) in [5, 5.41) is 5.73. The first-order valence-electron chi connectivity index (χ1n) is 12.5. The maximum Gasteiger partial charge on any atom is 0.330 e. The Hall–Kier alpha value is -3.73. The Morgan fingerprint density at radius 2 is 1.73 bits per heavy atom. The van der Waals surface area contributed by atoms with Crippen LogP contribution in [0.15, 0.2) is 44.2 Å². The number of nitrogens with one attached hydrogen (secondary N) is 1. The fourth-order valence-corrected chi connectivity index (χ4v) is 5.45. The van der Waals surface area contributed by atoms with Crippen molar-refractivity contribution in [1.29, 1.82) is 0 Å². The van der Waals surface area contributed by atoms with Crippen LogP contribution >= 0.6 is 11.8 Å². The first-order valence-corrected chi connectivity index (χ1v) is 13.3. The summed E-state index contributed by atoms with van der Waals surface area (Å²) in [6.45, 7) is 11.0. The first-order chi connectivity index (χ1) is 17.8. The van der Waals surface area contributed by atoms with Gasteiger partial charge in [0.2, 0.25) is 5.16 Å². The third-order valence-electron chi connectivity index (χ3n) is 6.62. The average molecular weight is 519 g/mol. The van der Waals surface area contributed by atoms with Gasteiger partial charge in [-0.05, 0) is 63.4 Å². The molecule has 0 bridgehead atoms. The molecule has 0 radical (unpaired) electrons. The van der Waals surface area contributed by atoms with Crippen LogP contribution in [-0.4, -0.2) is 38.7 Å². The molecule has 0 saturated carbocycles. The van der Waals surface area contributed by atoms with E-state index in [1.54, 1.807) is 9.08 Å². The molecule has 4 heterocycles. The van der Waals surface area contributed by atoms with Gasteiger partial charge in [-0.3, -0.25) is 14.3 Å². The van der Waals surface area contributed by atoms with Gasteiger partial charge in [-0.2, -0.15) is 4.98 Å². The third kappa shape index (κ3) is 4.59. The molecule has 0 spiro atoms. The van der Waals surface area contributed by atoms with Gasteiger partial charge in [-0.25, -0.2) is 19.3 Å². The number of aromatic nitrogens is 8. The number of aryl methyl sites for hydroxylation is 4.